The number of phenolic OH excluding ortho intramolecular Hbond substituents is 1. The SMILES string of the molecule is NC1CCN(C2CCN(Cc3ccc(O)cc3)C2)CC1. The first kappa shape index (κ1) is 13.9. The number of nitrogens with two attached hydrogens (primary N) is 1. The van der Waals surface area contributed by atoms with Gasteiger partial charge in [-0.25, -0.2) is 0 Å². The van der Waals surface area contributed by atoms with E-state index in [1.165, 1.54) is 31.6 Å². The van der Waals surface area contributed by atoms with Crippen LogP contribution in [0.5, 0.6) is 5.75 Å². The highest BCUT2D eigenvalue weighted by molar-refractivity contribution is 5.25. The lowest BCUT2D eigenvalue weighted by Gasteiger charge is -2.34. The molecule has 3 rings (SSSR count). The smallest absolute Gasteiger partial charge is 0.115 e. The van der Waals surface area contributed by atoms with Crippen molar-refractivity contribution in [1.82, 2.24) is 9.80 Å². The van der Waals surface area contributed by atoms with E-state index in [1.54, 1.807) is 12.1 Å². The number of likely N-dealkylation sites (tertiary alicyclic amines) is 2. The Hall–Kier alpha value is -1.10. The highest BCUT2D eigenvalue weighted by Gasteiger charge is 2.29. The number of rotatable bonds is 3. The van der Waals surface area contributed by atoms with Gasteiger partial charge in [-0.1, -0.05) is 12.1 Å². The van der Waals surface area contributed by atoms with Crippen molar-refractivity contribution in [2.45, 2.75) is 37.9 Å². The zero-order valence-corrected chi connectivity index (χ0v) is 12.0. The van der Waals surface area contributed by atoms with E-state index in [1.807, 2.05) is 12.1 Å². The molecule has 1 aromatic rings. The van der Waals surface area contributed by atoms with Crippen molar-refractivity contribution < 1.29 is 5.11 Å². The Labute approximate surface area is 121 Å². The fourth-order valence-corrected chi connectivity index (χ4v) is 3.40. The minimum absolute atomic E-state index is 0.345. The molecule has 0 radical (unpaired) electrons. The number of piperidine rings is 1. The second kappa shape index (κ2) is 6.12. The molecule has 2 heterocycles. The van der Waals surface area contributed by atoms with E-state index < -0.39 is 0 Å². The number of hydrogen-bond acceptors (Lipinski definition) is 4. The quantitative estimate of drug-likeness (QED) is 0.875. The molecular formula is C16H25N3O. The van der Waals surface area contributed by atoms with Crippen LogP contribution in [0.3, 0.4) is 0 Å². The molecule has 3 N–H and O–H groups in total. The Kier molecular flexibility index (Phi) is 4.24. The fourth-order valence-electron chi connectivity index (χ4n) is 3.40. The molecule has 1 atom stereocenters. The molecule has 0 amide bonds. The van der Waals surface area contributed by atoms with Crippen molar-refractivity contribution in [3.05, 3.63) is 29.8 Å². The van der Waals surface area contributed by atoms with E-state index in [0.717, 1.165) is 25.9 Å². The van der Waals surface area contributed by atoms with Gasteiger partial charge in [0.15, 0.2) is 0 Å². The van der Waals surface area contributed by atoms with E-state index >= 15 is 0 Å². The summed E-state index contributed by atoms with van der Waals surface area (Å²) in [6.45, 7) is 5.66. The summed E-state index contributed by atoms with van der Waals surface area (Å²) in [6.07, 6.45) is 3.57. The van der Waals surface area contributed by atoms with Crippen LogP contribution < -0.4 is 5.73 Å². The van der Waals surface area contributed by atoms with Crippen molar-refractivity contribution in [2.24, 2.45) is 5.73 Å². The summed E-state index contributed by atoms with van der Waals surface area (Å²) in [7, 11) is 0. The molecule has 2 saturated heterocycles. The largest absolute Gasteiger partial charge is 0.508 e. The molecule has 1 unspecified atom stereocenters. The molecule has 0 aromatic heterocycles. The predicted molar refractivity (Wildman–Crippen MR) is 80.6 cm³/mol. The van der Waals surface area contributed by atoms with Crippen molar-refractivity contribution in [3.8, 4) is 5.75 Å². The minimum Gasteiger partial charge on any atom is -0.508 e. The Morgan fingerprint density at radius 1 is 1.05 bits per heavy atom. The molecule has 2 aliphatic rings. The zero-order chi connectivity index (χ0) is 13.9. The Morgan fingerprint density at radius 3 is 2.45 bits per heavy atom. The average Bonchev–Trinajstić information content (AvgIpc) is 2.91. The van der Waals surface area contributed by atoms with Crippen LogP contribution >= 0.6 is 0 Å². The van der Waals surface area contributed by atoms with Crippen molar-refractivity contribution in [3.63, 3.8) is 0 Å². The molecule has 0 bridgehead atoms. The third kappa shape index (κ3) is 3.32. The molecule has 4 nitrogen and oxygen atoms in total. The van der Waals surface area contributed by atoms with Crippen LogP contribution in [-0.4, -0.2) is 53.2 Å². The molecule has 2 fully saturated rings. The maximum absolute atomic E-state index is 9.32. The number of hydrogen-bond donors (Lipinski definition) is 2. The summed E-state index contributed by atoms with van der Waals surface area (Å²) in [5, 5.41) is 9.32. The molecule has 1 aromatic carbocycles. The lowest BCUT2D eigenvalue weighted by atomic mass is 10.0. The van der Waals surface area contributed by atoms with Gasteiger partial charge in [-0.05, 0) is 50.0 Å². The van der Waals surface area contributed by atoms with Gasteiger partial charge in [0, 0.05) is 31.7 Å². The first-order valence-corrected chi connectivity index (χ1v) is 7.70. The van der Waals surface area contributed by atoms with Gasteiger partial charge >= 0.3 is 0 Å². The van der Waals surface area contributed by atoms with Crippen LogP contribution in [-0.2, 0) is 6.54 Å². The van der Waals surface area contributed by atoms with E-state index in [2.05, 4.69) is 9.80 Å². The minimum atomic E-state index is 0.345. The van der Waals surface area contributed by atoms with Crippen molar-refractivity contribution >= 4 is 0 Å². The van der Waals surface area contributed by atoms with Gasteiger partial charge in [-0.2, -0.15) is 0 Å². The average molecular weight is 275 g/mol. The predicted octanol–water partition coefficient (Wildman–Crippen LogP) is 1.39. The monoisotopic (exact) mass is 275 g/mol. The van der Waals surface area contributed by atoms with Gasteiger partial charge in [0.05, 0.1) is 0 Å². The highest BCUT2D eigenvalue weighted by Crippen LogP contribution is 2.21. The third-order valence-electron chi connectivity index (χ3n) is 4.68. The third-order valence-corrected chi connectivity index (χ3v) is 4.68. The summed E-state index contributed by atoms with van der Waals surface area (Å²) in [5.41, 5.74) is 7.26. The van der Waals surface area contributed by atoms with Crippen molar-refractivity contribution in [2.75, 3.05) is 26.2 Å². The number of nitrogens with zero attached hydrogens (tertiary/aromatic N) is 2. The Bertz CT molecular complexity index is 426. The summed E-state index contributed by atoms with van der Waals surface area (Å²) in [5.74, 6) is 0.345. The van der Waals surface area contributed by atoms with Crippen LogP contribution in [0.25, 0.3) is 0 Å². The molecule has 20 heavy (non-hydrogen) atoms. The first-order chi connectivity index (χ1) is 9.70. The van der Waals surface area contributed by atoms with Crippen LogP contribution in [0.4, 0.5) is 0 Å². The second-order valence-corrected chi connectivity index (χ2v) is 6.22. The normalized spacial score (nSPS) is 26.1. The molecule has 0 spiro atoms. The highest BCUT2D eigenvalue weighted by atomic mass is 16.3. The van der Waals surface area contributed by atoms with Gasteiger partial charge in [0.2, 0.25) is 0 Å². The van der Waals surface area contributed by atoms with Crippen LogP contribution in [0, 0.1) is 0 Å². The Balaban J connectivity index is 1.50. The number of benzene rings is 1. The van der Waals surface area contributed by atoms with Crippen LogP contribution in [0.1, 0.15) is 24.8 Å². The molecule has 2 aliphatic heterocycles. The molecule has 0 saturated carbocycles. The van der Waals surface area contributed by atoms with Gasteiger partial charge < -0.3 is 10.8 Å². The molecular weight excluding hydrogens is 250 g/mol. The standard InChI is InChI=1S/C16H25N3O/c17-14-5-9-19(10-6-14)15-7-8-18(12-15)11-13-1-3-16(20)4-2-13/h1-4,14-15,20H,5-12,17H2. The first-order valence-electron chi connectivity index (χ1n) is 7.70. The number of aromatic hydroxyl groups is 1. The van der Waals surface area contributed by atoms with Gasteiger partial charge in [0.1, 0.15) is 5.75 Å². The summed E-state index contributed by atoms with van der Waals surface area (Å²) in [4.78, 5) is 5.14. The van der Waals surface area contributed by atoms with Gasteiger partial charge in [-0.15, -0.1) is 0 Å². The molecule has 4 heteroatoms. The summed E-state index contributed by atoms with van der Waals surface area (Å²) >= 11 is 0. The lowest BCUT2D eigenvalue weighted by molar-refractivity contribution is 0.151. The van der Waals surface area contributed by atoms with E-state index in [4.69, 9.17) is 5.73 Å². The van der Waals surface area contributed by atoms with Crippen LogP contribution in [0.2, 0.25) is 0 Å². The molecule has 110 valence electrons. The van der Waals surface area contributed by atoms with E-state index in [0.29, 0.717) is 17.8 Å². The summed E-state index contributed by atoms with van der Waals surface area (Å²) < 4.78 is 0. The van der Waals surface area contributed by atoms with E-state index in [-0.39, 0.29) is 0 Å². The van der Waals surface area contributed by atoms with Gasteiger partial charge in [-0.3, -0.25) is 9.80 Å². The summed E-state index contributed by atoms with van der Waals surface area (Å²) in [6, 6.07) is 8.70. The second-order valence-electron chi connectivity index (χ2n) is 6.22. The zero-order valence-electron chi connectivity index (χ0n) is 12.0. The van der Waals surface area contributed by atoms with E-state index in [9.17, 15) is 5.11 Å². The lowest BCUT2D eigenvalue weighted by Crippen LogP contribution is -2.46. The van der Waals surface area contributed by atoms with Crippen LogP contribution in [0.15, 0.2) is 24.3 Å². The topological polar surface area (TPSA) is 52.7 Å². The Morgan fingerprint density at radius 2 is 1.75 bits per heavy atom. The van der Waals surface area contributed by atoms with Crippen molar-refractivity contribution in [1.29, 1.82) is 0 Å². The maximum atomic E-state index is 9.32. The molecule has 0 aliphatic carbocycles. The maximum Gasteiger partial charge on any atom is 0.115 e. The fraction of sp³-hybridized carbons (Fsp3) is 0.625. The number of phenols is 1. The van der Waals surface area contributed by atoms with Gasteiger partial charge in [0.25, 0.3) is 0 Å².